The Bertz CT molecular complexity index is 635. The highest BCUT2D eigenvalue weighted by molar-refractivity contribution is 5.96. The third-order valence-electron chi connectivity index (χ3n) is 5.41. The van der Waals surface area contributed by atoms with Crippen molar-refractivity contribution in [3.8, 4) is 0 Å². The van der Waals surface area contributed by atoms with Crippen LogP contribution < -0.4 is 5.32 Å². The van der Waals surface area contributed by atoms with E-state index in [2.05, 4.69) is 19.2 Å². The maximum atomic E-state index is 12.6. The SMILES string of the molecule is CC[C@@H](C)c1ccc(NC(=O)[C@@H]2[C@@H](C(=O)O)[C@H]3C=C[C@H]2C3)cc1. The summed E-state index contributed by atoms with van der Waals surface area (Å²) in [7, 11) is 0. The average Bonchev–Trinajstić information content (AvgIpc) is 3.15. The first kappa shape index (κ1) is 15.8. The van der Waals surface area contributed by atoms with E-state index in [1.807, 2.05) is 36.4 Å². The second kappa shape index (κ2) is 6.19. The molecule has 0 heterocycles. The minimum absolute atomic E-state index is 0.000954. The molecule has 0 saturated heterocycles. The molecular formula is C19H23NO3. The van der Waals surface area contributed by atoms with Crippen molar-refractivity contribution >= 4 is 17.6 Å². The highest BCUT2D eigenvalue weighted by Gasteiger charge is 2.51. The van der Waals surface area contributed by atoms with Gasteiger partial charge in [0.25, 0.3) is 0 Å². The van der Waals surface area contributed by atoms with E-state index in [1.54, 1.807) is 0 Å². The summed E-state index contributed by atoms with van der Waals surface area (Å²) >= 11 is 0. The van der Waals surface area contributed by atoms with Crippen LogP contribution in [0.4, 0.5) is 5.69 Å². The zero-order valence-corrected chi connectivity index (χ0v) is 13.5. The van der Waals surface area contributed by atoms with Crippen LogP contribution in [-0.4, -0.2) is 17.0 Å². The Morgan fingerprint density at radius 3 is 2.35 bits per heavy atom. The van der Waals surface area contributed by atoms with E-state index in [9.17, 15) is 14.7 Å². The van der Waals surface area contributed by atoms with Crippen molar-refractivity contribution in [2.45, 2.75) is 32.6 Å². The fraction of sp³-hybridized carbons (Fsp3) is 0.474. The maximum Gasteiger partial charge on any atom is 0.307 e. The summed E-state index contributed by atoms with van der Waals surface area (Å²) in [5.41, 5.74) is 1.98. The van der Waals surface area contributed by atoms with Crippen molar-refractivity contribution in [1.82, 2.24) is 0 Å². The van der Waals surface area contributed by atoms with Gasteiger partial charge in [-0.25, -0.2) is 0 Å². The third-order valence-corrected chi connectivity index (χ3v) is 5.41. The first-order valence-corrected chi connectivity index (χ1v) is 8.33. The number of carboxylic acids is 1. The van der Waals surface area contributed by atoms with Gasteiger partial charge >= 0.3 is 5.97 Å². The molecule has 0 spiro atoms. The smallest absolute Gasteiger partial charge is 0.307 e. The van der Waals surface area contributed by atoms with Crippen LogP contribution >= 0.6 is 0 Å². The van der Waals surface area contributed by atoms with E-state index in [0.717, 1.165) is 18.5 Å². The van der Waals surface area contributed by atoms with Gasteiger partial charge < -0.3 is 10.4 Å². The number of fused-ring (bicyclic) bond motifs is 2. The molecule has 1 aromatic rings. The highest BCUT2D eigenvalue weighted by Crippen LogP contribution is 2.48. The van der Waals surface area contributed by atoms with Crippen molar-refractivity contribution in [1.29, 1.82) is 0 Å². The van der Waals surface area contributed by atoms with Crippen molar-refractivity contribution < 1.29 is 14.7 Å². The van der Waals surface area contributed by atoms with Crippen LogP contribution in [0.2, 0.25) is 0 Å². The average molecular weight is 313 g/mol. The Kier molecular flexibility index (Phi) is 4.24. The second-order valence-electron chi connectivity index (χ2n) is 6.76. The number of carbonyl (C=O) groups is 2. The fourth-order valence-electron chi connectivity index (χ4n) is 3.87. The quantitative estimate of drug-likeness (QED) is 0.815. The maximum absolute atomic E-state index is 12.6. The lowest BCUT2D eigenvalue weighted by atomic mass is 9.82. The molecule has 4 heteroatoms. The minimum Gasteiger partial charge on any atom is -0.481 e. The fourth-order valence-corrected chi connectivity index (χ4v) is 3.87. The van der Waals surface area contributed by atoms with Gasteiger partial charge in [0.2, 0.25) is 5.91 Å². The van der Waals surface area contributed by atoms with Crippen LogP contribution in [0.5, 0.6) is 0 Å². The summed E-state index contributed by atoms with van der Waals surface area (Å²) < 4.78 is 0. The molecule has 122 valence electrons. The second-order valence-corrected chi connectivity index (χ2v) is 6.76. The minimum atomic E-state index is -0.867. The number of hydrogen-bond acceptors (Lipinski definition) is 2. The van der Waals surface area contributed by atoms with Gasteiger partial charge in [-0.05, 0) is 48.3 Å². The molecule has 4 nitrogen and oxygen atoms in total. The Morgan fingerprint density at radius 1 is 1.17 bits per heavy atom. The number of aliphatic carboxylic acids is 1. The molecule has 3 rings (SSSR count). The van der Waals surface area contributed by atoms with Crippen LogP contribution in [0, 0.1) is 23.7 Å². The van der Waals surface area contributed by atoms with E-state index >= 15 is 0 Å². The van der Waals surface area contributed by atoms with E-state index < -0.39 is 17.8 Å². The number of hydrogen-bond donors (Lipinski definition) is 2. The number of carboxylic acid groups (broad SMARTS) is 1. The Morgan fingerprint density at radius 2 is 1.78 bits per heavy atom. The Labute approximate surface area is 136 Å². The predicted molar refractivity (Wildman–Crippen MR) is 89.1 cm³/mol. The number of rotatable bonds is 5. The summed E-state index contributed by atoms with van der Waals surface area (Å²) in [6, 6.07) is 7.86. The summed E-state index contributed by atoms with van der Waals surface area (Å²) in [5, 5.41) is 12.3. The first-order valence-electron chi connectivity index (χ1n) is 8.33. The van der Waals surface area contributed by atoms with Gasteiger partial charge in [0.05, 0.1) is 11.8 Å². The molecule has 23 heavy (non-hydrogen) atoms. The molecule has 2 aliphatic carbocycles. The molecule has 1 aromatic carbocycles. The molecule has 0 radical (unpaired) electrons. The third kappa shape index (κ3) is 2.90. The van der Waals surface area contributed by atoms with Gasteiger partial charge in [-0.15, -0.1) is 0 Å². The molecule has 1 fully saturated rings. The van der Waals surface area contributed by atoms with E-state index in [1.165, 1.54) is 5.56 Å². The predicted octanol–water partition coefficient (Wildman–Crippen LogP) is 3.66. The molecule has 0 unspecified atom stereocenters. The topological polar surface area (TPSA) is 66.4 Å². The van der Waals surface area contributed by atoms with Crippen LogP contribution in [0.15, 0.2) is 36.4 Å². The number of carbonyl (C=O) groups excluding carboxylic acids is 1. The van der Waals surface area contributed by atoms with E-state index in [0.29, 0.717) is 5.92 Å². The van der Waals surface area contributed by atoms with Crippen LogP contribution in [0.1, 0.15) is 38.2 Å². The van der Waals surface area contributed by atoms with Gasteiger partial charge in [0, 0.05) is 5.69 Å². The van der Waals surface area contributed by atoms with E-state index in [4.69, 9.17) is 0 Å². The molecular weight excluding hydrogens is 290 g/mol. The zero-order chi connectivity index (χ0) is 16.6. The zero-order valence-electron chi connectivity index (χ0n) is 13.5. The van der Waals surface area contributed by atoms with Crippen molar-refractivity contribution in [2.24, 2.45) is 23.7 Å². The van der Waals surface area contributed by atoms with E-state index in [-0.39, 0.29) is 17.7 Å². The van der Waals surface area contributed by atoms with Gasteiger partial charge in [-0.3, -0.25) is 9.59 Å². The highest BCUT2D eigenvalue weighted by atomic mass is 16.4. The lowest BCUT2D eigenvalue weighted by molar-refractivity contribution is -0.146. The molecule has 1 amide bonds. The molecule has 2 N–H and O–H groups in total. The standard InChI is InChI=1S/C19H23NO3/c1-3-11(2)12-6-8-15(9-7-12)20-18(21)16-13-4-5-14(10-13)17(16)19(22)23/h4-9,11,13-14,16-17H,3,10H2,1-2H3,(H,20,21)(H,22,23)/t11-,13+,14+,16+,17+/m1/s1. The summed E-state index contributed by atoms with van der Waals surface area (Å²) in [6.45, 7) is 4.32. The molecule has 0 aliphatic heterocycles. The van der Waals surface area contributed by atoms with Crippen LogP contribution in [-0.2, 0) is 9.59 Å². The number of amides is 1. The summed E-state index contributed by atoms with van der Waals surface area (Å²) in [4.78, 5) is 24.1. The van der Waals surface area contributed by atoms with Crippen molar-refractivity contribution in [3.63, 3.8) is 0 Å². The van der Waals surface area contributed by atoms with Gasteiger partial charge in [0.15, 0.2) is 0 Å². The molecule has 2 aliphatic rings. The van der Waals surface area contributed by atoms with Gasteiger partial charge in [-0.1, -0.05) is 38.1 Å². The first-order chi connectivity index (χ1) is 11.0. The van der Waals surface area contributed by atoms with Gasteiger partial charge in [0.1, 0.15) is 0 Å². The lowest BCUT2D eigenvalue weighted by Crippen LogP contribution is -2.36. The Hall–Kier alpha value is -2.10. The summed E-state index contributed by atoms with van der Waals surface area (Å²) in [5.74, 6) is -1.55. The number of benzene rings is 1. The number of anilines is 1. The molecule has 1 saturated carbocycles. The van der Waals surface area contributed by atoms with Crippen molar-refractivity contribution in [2.75, 3.05) is 5.32 Å². The molecule has 0 aromatic heterocycles. The summed E-state index contributed by atoms with van der Waals surface area (Å²) in [6.07, 6.45) is 5.81. The van der Waals surface area contributed by atoms with Gasteiger partial charge in [-0.2, -0.15) is 0 Å². The number of allylic oxidation sites excluding steroid dienone is 2. The van der Waals surface area contributed by atoms with Crippen LogP contribution in [0.3, 0.4) is 0 Å². The monoisotopic (exact) mass is 313 g/mol. The molecule has 5 atom stereocenters. The molecule has 2 bridgehead atoms. The normalized spacial score (nSPS) is 29.5. The largest absolute Gasteiger partial charge is 0.481 e. The lowest BCUT2D eigenvalue weighted by Gasteiger charge is -2.24. The number of nitrogens with one attached hydrogen (secondary N) is 1. The van der Waals surface area contributed by atoms with Crippen LogP contribution in [0.25, 0.3) is 0 Å². The Balaban J connectivity index is 1.72. The van der Waals surface area contributed by atoms with Crippen molar-refractivity contribution in [3.05, 3.63) is 42.0 Å².